The zero-order valence-corrected chi connectivity index (χ0v) is 16.3. The number of carbonyl (C=O) groups is 2. The van der Waals surface area contributed by atoms with Crippen LogP contribution in [-0.4, -0.2) is 65.4 Å². The van der Waals surface area contributed by atoms with Crippen molar-refractivity contribution in [3.63, 3.8) is 0 Å². The molecular formula is C13H21N3O4SY-2. The van der Waals surface area contributed by atoms with E-state index in [0.717, 1.165) is 19.4 Å². The van der Waals surface area contributed by atoms with Crippen LogP contribution >= 0.6 is 11.9 Å². The minimum absolute atomic E-state index is 0. The second-order valence-electron chi connectivity index (χ2n) is 5.29. The SMILES string of the molecule is O=O.[3H]C(=O)N1CCC([CH2-])(CN2[CH-]CN(SC)CC2=O)CC1.[Y]. The average molecular weight is 406 g/mol. The van der Waals surface area contributed by atoms with Gasteiger partial charge in [0.2, 0.25) is 12.3 Å². The first-order valence-corrected chi connectivity index (χ1v) is 7.81. The minimum Gasteiger partial charge on any atom is -0.492 e. The fourth-order valence-corrected chi connectivity index (χ4v) is 2.94. The second-order valence-corrected chi connectivity index (χ2v) is 6.17. The van der Waals surface area contributed by atoms with Crippen molar-refractivity contribution in [2.75, 3.05) is 39.0 Å². The van der Waals surface area contributed by atoms with E-state index in [2.05, 4.69) is 6.92 Å². The number of carbonyl (C=O) groups excluding carboxylic acids is 2. The van der Waals surface area contributed by atoms with E-state index in [1.807, 2.05) is 17.1 Å². The summed E-state index contributed by atoms with van der Waals surface area (Å²) in [6, 6.07) is 0. The summed E-state index contributed by atoms with van der Waals surface area (Å²) < 4.78 is 9.13. The quantitative estimate of drug-likeness (QED) is 0.390. The third kappa shape index (κ3) is 6.22. The van der Waals surface area contributed by atoms with Gasteiger partial charge in [-0.15, -0.1) is 5.41 Å². The van der Waals surface area contributed by atoms with Crippen LogP contribution in [0.4, 0.5) is 0 Å². The molecule has 2 aliphatic heterocycles. The predicted octanol–water partition coefficient (Wildman–Crippen LogP) is 0.708. The summed E-state index contributed by atoms with van der Waals surface area (Å²) >= 11 is 1.57. The van der Waals surface area contributed by atoms with Gasteiger partial charge in [0.25, 0.3) is 0 Å². The molecule has 0 aromatic rings. The number of piperidine rings is 1. The summed E-state index contributed by atoms with van der Waals surface area (Å²) in [5.41, 5.74) is -0.209. The maximum absolute atomic E-state index is 12.1. The van der Waals surface area contributed by atoms with Crippen LogP contribution in [0.25, 0.3) is 0 Å². The Morgan fingerprint density at radius 2 is 2.05 bits per heavy atom. The van der Waals surface area contributed by atoms with Gasteiger partial charge in [-0.05, 0) is 12.8 Å². The van der Waals surface area contributed by atoms with E-state index in [0.29, 0.717) is 26.2 Å². The van der Waals surface area contributed by atoms with E-state index in [9.17, 15) is 9.59 Å². The molecule has 2 aliphatic rings. The van der Waals surface area contributed by atoms with E-state index >= 15 is 0 Å². The Labute approximate surface area is 162 Å². The van der Waals surface area contributed by atoms with E-state index in [1.165, 1.54) is 4.90 Å². The van der Waals surface area contributed by atoms with E-state index < -0.39 is 6.39 Å². The second kappa shape index (κ2) is 10.7. The number of rotatable bonds is 3. The Morgan fingerprint density at radius 1 is 1.45 bits per heavy atom. The molecule has 123 valence electrons. The Balaban J connectivity index is 0.00000155. The van der Waals surface area contributed by atoms with Crippen LogP contribution in [0.1, 0.15) is 14.2 Å². The van der Waals surface area contributed by atoms with Gasteiger partial charge < -0.3 is 16.7 Å². The van der Waals surface area contributed by atoms with Crippen molar-refractivity contribution in [3.8, 4) is 0 Å². The standard InChI is InChI=1S/C13H21N3O2S.O2.Y/c1-13(3-5-14(11-17)6-4-13)10-15-7-8-16(19-2)9-12(15)18;1-2;/h7,11H,1,3-6,8-10H2,2H3;;/q-2;;/i11T;;. The maximum Gasteiger partial charge on any atom is 0.209 e. The van der Waals surface area contributed by atoms with Crippen molar-refractivity contribution in [1.29, 1.82) is 0 Å². The van der Waals surface area contributed by atoms with Crippen LogP contribution in [-0.2, 0) is 42.3 Å². The van der Waals surface area contributed by atoms with Gasteiger partial charge in [-0.2, -0.15) is 0 Å². The molecule has 2 heterocycles. The number of hydrogen-bond donors (Lipinski definition) is 0. The van der Waals surface area contributed by atoms with Crippen LogP contribution in [0.2, 0.25) is 0 Å². The summed E-state index contributed by atoms with van der Waals surface area (Å²) in [4.78, 5) is 40.4. The maximum atomic E-state index is 12.1. The van der Waals surface area contributed by atoms with Gasteiger partial charge in [-0.1, -0.05) is 31.3 Å². The Morgan fingerprint density at radius 3 is 2.50 bits per heavy atom. The predicted molar refractivity (Wildman–Crippen MR) is 82.5 cm³/mol. The normalized spacial score (nSPS) is 22.1. The molecule has 2 saturated heterocycles. The number of nitrogens with zero attached hydrogens (tertiary/aromatic N) is 3. The molecule has 0 aromatic carbocycles. The molecule has 0 unspecified atom stereocenters. The van der Waals surface area contributed by atoms with Gasteiger partial charge in [0.15, 0.2) is 0 Å². The third-order valence-electron chi connectivity index (χ3n) is 3.85. The average Bonchev–Trinajstić information content (AvgIpc) is 2.51. The Bertz CT molecular complexity index is 411. The molecule has 7 nitrogen and oxygen atoms in total. The first-order valence-electron chi connectivity index (χ1n) is 7.13. The molecule has 0 spiro atoms. The van der Waals surface area contributed by atoms with Crippen LogP contribution in [0.3, 0.4) is 0 Å². The smallest absolute Gasteiger partial charge is 0.209 e. The molecule has 0 aliphatic carbocycles. The number of amides is 2. The molecule has 0 saturated carbocycles. The number of hydrogen-bond acceptors (Lipinski definition) is 6. The first-order chi connectivity index (χ1) is 10.4. The summed E-state index contributed by atoms with van der Waals surface area (Å²) in [5.74, 6) is 0.104. The van der Waals surface area contributed by atoms with Gasteiger partial charge in [-0.3, -0.25) is 13.9 Å². The summed E-state index contributed by atoms with van der Waals surface area (Å²) in [6.07, 6.45) is 2.82. The van der Waals surface area contributed by atoms with Crippen molar-refractivity contribution in [2.45, 2.75) is 12.8 Å². The van der Waals surface area contributed by atoms with E-state index in [4.69, 9.17) is 11.3 Å². The summed E-state index contributed by atoms with van der Waals surface area (Å²) in [5, 5.41) is 0. The third-order valence-corrected chi connectivity index (χ3v) is 4.65. The molecule has 22 heavy (non-hydrogen) atoms. The van der Waals surface area contributed by atoms with Crippen molar-refractivity contribution in [1.82, 2.24) is 14.1 Å². The first kappa shape index (κ1) is 20.0. The van der Waals surface area contributed by atoms with Crippen LogP contribution in [0, 0.1) is 28.8 Å². The van der Waals surface area contributed by atoms with Crippen molar-refractivity contribution in [3.05, 3.63) is 23.4 Å². The molecule has 0 aromatic heterocycles. The molecule has 2 amide bonds. The molecule has 0 bridgehead atoms. The molecule has 2 rings (SSSR count). The van der Waals surface area contributed by atoms with Crippen LogP contribution in [0.5, 0.6) is 0 Å². The van der Waals surface area contributed by atoms with Crippen molar-refractivity contribution < 1.29 is 43.7 Å². The van der Waals surface area contributed by atoms with Gasteiger partial charge >= 0.3 is 0 Å². The fraction of sp³-hybridized carbons (Fsp3) is 0.692. The van der Waals surface area contributed by atoms with Crippen molar-refractivity contribution in [2.24, 2.45) is 5.41 Å². The molecule has 0 N–H and O–H groups in total. The van der Waals surface area contributed by atoms with E-state index in [1.54, 1.807) is 16.8 Å². The summed E-state index contributed by atoms with van der Waals surface area (Å²) in [6.45, 7) is 9.11. The van der Waals surface area contributed by atoms with Gasteiger partial charge in [0, 0.05) is 55.7 Å². The molecule has 2 fully saturated rings. The van der Waals surface area contributed by atoms with Crippen LogP contribution < -0.4 is 0 Å². The topological polar surface area (TPSA) is 78.0 Å². The van der Waals surface area contributed by atoms with E-state index in [-0.39, 0.29) is 44.0 Å². The Kier molecular flexibility index (Phi) is 9.71. The summed E-state index contributed by atoms with van der Waals surface area (Å²) in [7, 11) is 0. The number of piperazine rings is 1. The monoisotopic (exact) mass is 406 g/mol. The number of likely N-dealkylation sites (tertiary alicyclic amines) is 1. The zero-order valence-electron chi connectivity index (χ0n) is 13.7. The zero-order chi connectivity index (χ0) is 16.8. The molecule has 1 radical (unpaired) electrons. The Hall–Kier alpha value is -0.0461. The largest absolute Gasteiger partial charge is 0.492 e. The van der Waals surface area contributed by atoms with Gasteiger partial charge in [0.05, 0.1) is 6.54 Å². The molecule has 9 heteroatoms. The molecular weight excluding hydrogens is 383 g/mol. The van der Waals surface area contributed by atoms with Crippen molar-refractivity contribution >= 4 is 24.2 Å². The fourth-order valence-electron chi connectivity index (χ4n) is 2.48. The van der Waals surface area contributed by atoms with Crippen LogP contribution in [0.15, 0.2) is 0 Å². The van der Waals surface area contributed by atoms with Gasteiger partial charge in [-0.25, -0.2) is 6.54 Å². The minimum atomic E-state index is -0.622. The molecule has 0 atom stereocenters. The van der Waals surface area contributed by atoms with Gasteiger partial charge in [0.1, 0.15) is 1.37 Å².